The number of piperidine rings is 1. The third kappa shape index (κ3) is 3.54. The molecule has 7 nitrogen and oxygen atoms in total. The van der Waals surface area contributed by atoms with Crippen LogP contribution in [0.4, 0.5) is 0 Å². The van der Waals surface area contributed by atoms with Crippen molar-refractivity contribution in [3.05, 3.63) is 18.5 Å². The average molecular weight is 317 g/mol. The molecule has 1 atom stereocenters. The normalized spacial score (nSPS) is 18.2. The minimum absolute atomic E-state index is 0. The summed E-state index contributed by atoms with van der Waals surface area (Å²) in [6.07, 6.45) is 4.71. The van der Waals surface area contributed by atoms with Crippen molar-refractivity contribution in [2.24, 2.45) is 0 Å². The van der Waals surface area contributed by atoms with Gasteiger partial charge >= 0.3 is 5.97 Å². The third-order valence-corrected chi connectivity index (χ3v) is 3.70. The molecule has 0 saturated carbocycles. The topological polar surface area (TPSA) is 85.2 Å². The fourth-order valence-corrected chi connectivity index (χ4v) is 2.49. The summed E-state index contributed by atoms with van der Waals surface area (Å²) in [4.78, 5) is 24.1. The number of nitrogens with one attached hydrogen (secondary N) is 2. The van der Waals surface area contributed by atoms with Gasteiger partial charge in [-0.05, 0) is 38.9 Å². The van der Waals surface area contributed by atoms with Crippen molar-refractivity contribution >= 4 is 24.3 Å². The second kappa shape index (κ2) is 7.42. The van der Waals surface area contributed by atoms with Crippen molar-refractivity contribution in [2.45, 2.75) is 31.3 Å². The number of carbonyl (C=O) groups excluding carboxylic acids is 2. The highest BCUT2D eigenvalue weighted by molar-refractivity contribution is 5.89. The molecule has 1 amide bonds. The predicted octanol–water partition coefficient (Wildman–Crippen LogP) is 0.0613. The van der Waals surface area contributed by atoms with E-state index in [0.717, 1.165) is 13.1 Å². The number of hydrogen-bond acceptors (Lipinski definition) is 5. The molecule has 2 N–H and O–H groups in total. The quantitative estimate of drug-likeness (QED) is 0.767. The first-order chi connectivity index (χ1) is 9.60. The van der Waals surface area contributed by atoms with E-state index in [0.29, 0.717) is 12.8 Å². The summed E-state index contributed by atoms with van der Waals surface area (Å²) in [5.74, 6) is -0.650. The molecule has 1 aromatic rings. The number of rotatable bonds is 4. The highest BCUT2D eigenvalue weighted by atomic mass is 35.5. The summed E-state index contributed by atoms with van der Waals surface area (Å²) in [5, 5.41) is 10.2. The Morgan fingerprint density at radius 1 is 1.43 bits per heavy atom. The van der Waals surface area contributed by atoms with Crippen molar-refractivity contribution in [1.82, 2.24) is 20.4 Å². The Hall–Kier alpha value is -1.60. The van der Waals surface area contributed by atoms with Gasteiger partial charge < -0.3 is 15.4 Å². The van der Waals surface area contributed by atoms with E-state index in [1.54, 1.807) is 30.1 Å². The molecule has 1 unspecified atom stereocenters. The molecule has 1 aliphatic rings. The van der Waals surface area contributed by atoms with E-state index in [-0.39, 0.29) is 18.3 Å². The number of nitrogens with zero attached hydrogens (tertiary/aromatic N) is 2. The zero-order chi connectivity index (χ0) is 14.6. The van der Waals surface area contributed by atoms with Crippen LogP contribution in [-0.2, 0) is 19.9 Å². The van der Waals surface area contributed by atoms with Crippen LogP contribution in [0.2, 0.25) is 0 Å². The number of ether oxygens (including phenoxy) is 1. The Kier molecular flexibility index (Phi) is 6.17. The molecule has 1 aliphatic heterocycles. The van der Waals surface area contributed by atoms with Gasteiger partial charge in [-0.1, -0.05) is 0 Å². The van der Waals surface area contributed by atoms with Gasteiger partial charge in [-0.3, -0.25) is 9.48 Å². The molecular weight excluding hydrogens is 296 g/mol. The number of aromatic nitrogens is 2. The minimum atomic E-state index is -0.739. The van der Waals surface area contributed by atoms with Crippen LogP contribution < -0.4 is 10.6 Å². The summed E-state index contributed by atoms with van der Waals surface area (Å²) in [6, 6.07) is 1.12. The largest absolute Gasteiger partial charge is 0.467 e. The first-order valence-corrected chi connectivity index (χ1v) is 6.70. The fraction of sp³-hybridized carbons (Fsp3) is 0.615. The lowest BCUT2D eigenvalue weighted by atomic mass is 9.87. The van der Waals surface area contributed by atoms with Gasteiger partial charge in [0.25, 0.3) is 0 Å². The highest BCUT2D eigenvalue weighted by Crippen LogP contribution is 2.27. The number of amides is 1. The SMILES string of the molecule is COC(=O)C(C)NC(=O)C1(n2cccn2)CCNCC1.Cl. The monoisotopic (exact) mass is 316 g/mol. The summed E-state index contributed by atoms with van der Waals surface area (Å²) < 4.78 is 6.32. The van der Waals surface area contributed by atoms with E-state index < -0.39 is 17.6 Å². The van der Waals surface area contributed by atoms with E-state index in [1.165, 1.54) is 7.11 Å². The van der Waals surface area contributed by atoms with Crippen LogP contribution in [0, 0.1) is 0 Å². The Bertz CT molecular complexity index is 472. The Morgan fingerprint density at radius 3 is 2.62 bits per heavy atom. The summed E-state index contributed by atoms with van der Waals surface area (Å²) in [7, 11) is 1.30. The van der Waals surface area contributed by atoms with Gasteiger partial charge in [0, 0.05) is 12.4 Å². The molecule has 0 bridgehead atoms. The molecule has 0 radical (unpaired) electrons. The lowest BCUT2D eigenvalue weighted by Crippen LogP contribution is -2.57. The molecule has 8 heteroatoms. The number of carbonyl (C=O) groups is 2. The van der Waals surface area contributed by atoms with Crippen molar-refractivity contribution in [1.29, 1.82) is 0 Å². The maximum absolute atomic E-state index is 12.6. The van der Waals surface area contributed by atoms with E-state index in [9.17, 15) is 9.59 Å². The van der Waals surface area contributed by atoms with Crippen LogP contribution >= 0.6 is 12.4 Å². The average Bonchev–Trinajstić information content (AvgIpc) is 3.01. The van der Waals surface area contributed by atoms with Crippen LogP contribution in [-0.4, -0.2) is 47.9 Å². The van der Waals surface area contributed by atoms with Crippen molar-refractivity contribution < 1.29 is 14.3 Å². The third-order valence-electron chi connectivity index (χ3n) is 3.70. The van der Waals surface area contributed by atoms with Gasteiger partial charge in [-0.25, -0.2) is 4.79 Å². The second-order valence-corrected chi connectivity index (χ2v) is 4.95. The second-order valence-electron chi connectivity index (χ2n) is 4.95. The molecule has 2 rings (SSSR count). The lowest BCUT2D eigenvalue weighted by Gasteiger charge is -2.37. The predicted molar refractivity (Wildman–Crippen MR) is 79.2 cm³/mol. The summed E-state index contributed by atoms with van der Waals surface area (Å²) >= 11 is 0. The molecule has 2 heterocycles. The van der Waals surface area contributed by atoms with Gasteiger partial charge in [0.2, 0.25) is 5.91 Å². The van der Waals surface area contributed by atoms with E-state index >= 15 is 0 Å². The van der Waals surface area contributed by atoms with Gasteiger partial charge in [0.1, 0.15) is 11.6 Å². The molecule has 0 spiro atoms. The molecule has 118 valence electrons. The van der Waals surface area contributed by atoms with Crippen LogP contribution in [0.15, 0.2) is 18.5 Å². The van der Waals surface area contributed by atoms with Gasteiger partial charge in [-0.2, -0.15) is 5.10 Å². The van der Waals surface area contributed by atoms with Crippen LogP contribution in [0.3, 0.4) is 0 Å². The smallest absolute Gasteiger partial charge is 0.328 e. The standard InChI is InChI=1S/C13H20N4O3.ClH/c1-10(11(18)20-2)16-12(19)13(4-7-14-8-5-13)17-9-3-6-15-17;/h3,6,9-10,14H,4-5,7-8H2,1-2H3,(H,16,19);1H. The van der Waals surface area contributed by atoms with Crippen LogP contribution in [0.1, 0.15) is 19.8 Å². The van der Waals surface area contributed by atoms with Gasteiger partial charge in [0.15, 0.2) is 0 Å². The van der Waals surface area contributed by atoms with Crippen molar-refractivity contribution in [3.63, 3.8) is 0 Å². The molecule has 1 aromatic heterocycles. The fourth-order valence-electron chi connectivity index (χ4n) is 2.49. The van der Waals surface area contributed by atoms with Crippen LogP contribution in [0.25, 0.3) is 0 Å². The van der Waals surface area contributed by atoms with Crippen molar-refractivity contribution in [2.75, 3.05) is 20.2 Å². The van der Waals surface area contributed by atoms with Gasteiger partial charge in [0.05, 0.1) is 7.11 Å². The molecule has 1 saturated heterocycles. The number of halogens is 1. The maximum atomic E-state index is 12.6. The Labute approximate surface area is 129 Å². The number of esters is 1. The van der Waals surface area contributed by atoms with E-state index in [1.807, 2.05) is 0 Å². The highest BCUT2D eigenvalue weighted by Gasteiger charge is 2.42. The maximum Gasteiger partial charge on any atom is 0.328 e. The lowest BCUT2D eigenvalue weighted by molar-refractivity contribution is -0.146. The molecule has 0 aromatic carbocycles. The number of hydrogen-bond donors (Lipinski definition) is 2. The minimum Gasteiger partial charge on any atom is -0.467 e. The molecular formula is C13H21ClN4O3. The van der Waals surface area contributed by atoms with E-state index in [2.05, 4.69) is 20.5 Å². The molecule has 21 heavy (non-hydrogen) atoms. The van der Waals surface area contributed by atoms with E-state index in [4.69, 9.17) is 0 Å². The first kappa shape index (κ1) is 17.5. The van der Waals surface area contributed by atoms with Gasteiger partial charge in [-0.15, -0.1) is 12.4 Å². The zero-order valence-corrected chi connectivity index (χ0v) is 13.0. The zero-order valence-electron chi connectivity index (χ0n) is 12.2. The van der Waals surface area contributed by atoms with Crippen LogP contribution in [0.5, 0.6) is 0 Å². The summed E-state index contributed by atoms with van der Waals surface area (Å²) in [5.41, 5.74) is -0.739. The Balaban J connectivity index is 0.00000220. The Morgan fingerprint density at radius 2 is 2.10 bits per heavy atom. The number of methoxy groups -OCH3 is 1. The van der Waals surface area contributed by atoms with Crippen molar-refractivity contribution in [3.8, 4) is 0 Å². The first-order valence-electron chi connectivity index (χ1n) is 6.70. The molecule has 1 fully saturated rings. The molecule has 0 aliphatic carbocycles. The summed E-state index contributed by atoms with van der Waals surface area (Å²) in [6.45, 7) is 3.08.